The molecule has 0 bridgehead atoms. The zero-order chi connectivity index (χ0) is 21.3. The van der Waals surface area contributed by atoms with Gasteiger partial charge < -0.3 is 20.5 Å². The van der Waals surface area contributed by atoms with Crippen LogP contribution in [0.25, 0.3) is 11.5 Å². The minimum absolute atomic E-state index is 0.180. The Labute approximate surface area is 173 Å². The van der Waals surface area contributed by atoms with Crippen LogP contribution in [0, 0.1) is 0 Å². The van der Waals surface area contributed by atoms with Gasteiger partial charge in [0.05, 0.1) is 10.6 Å². The second kappa shape index (κ2) is 7.67. The van der Waals surface area contributed by atoms with Gasteiger partial charge in [0, 0.05) is 31.4 Å². The van der Waals surface area contributed by atoms with Crippen LogP contribution in [0.15, 0.2) is 28.9 Å². The molecule has 0 atom stereocenters. The molecule has 0 fully saturated rings. The fraction of sp³-hybridized carbons (Fsp3) is 0.316. The molecule has 0 unspecified atom stereocenters. The molecule has 0 aliphatic heterocycles. The first-order chi connectivity index (χ1) is 13.6. The maximum atomic E-state index is 12.1. The summed E-state index contributed by atoms with van der Waals surface area (Å²) in [7, 11) is 3.33. The number of nitrogens with zero attached hydrogens (tertiary/aromatic N) is 5. The first-order valence-corrected chi connectivity index (χ1v) is 9.19. The van der Waals surface area contributed by atoms with E-state index in [-0.39, 0.29) is 29.0 Å². The van der Waals surface area contributed by atoms with E-state index in [9.17, 15) is 4.79 Å². The van der Waals surface area contributed by atoms with Crippen LogP contribution in [0.5, 0.6) is 0 Å². The van der Waals surface area contributed by atoms with Gasteiger partial charge in [-0.2, -0.15) is 9.97 Å². The quantitative estimate of drug-likeness (QED) is 0.663. The number of nitrogens with one attached hydrogen (secondary N) is 1. The second-order valence-corrected chi connectivity index (χ2v) is 8.09. The zero-order valence-electron chi connectivity index (χ0n) is 16.8. The highest BCUT2D eigenvalue weighted by Crippen LogP contribution is 2.28. The van der Waals surface area contributed by atoms with Crippen molar-refractivity contribution in [2.45, 2.75) is 26.2 Å². The van der Waals surface area contributed by atoms with E-state index >= 15 is 0 Å². The number of amides is 1. The molecule has 2 aromatic heterocycles. The van der Waals surface area contributed by atoms with Gasteiger partial charge in [0.25, 0.3) is 11.8 Å². The smallest absolute Gasteiger partial charge is 0.263 e. The Morgan fingerprint density at radius 1 is 1.24 bits per heavy atom. The van der Waals surface area contributed by atoms with E-state index in [1.807, 2.05) is 20.8 Å². The van der Waals surface area contributed by atoms with Crippen LogP contribution in [0.1, 0.15) is 37.0 Å². The summed E-state index contributed by atoms with van der Waals surface area (Å²) in [5.41, 5.74) is 7.28. The minimum Gasteiger partial charge on any atom is -0.383 e. The Bertz CT molecular complexity index is 1060. The molecule has 3 rings (SSSR count). The van der Waals surface area contributed by atoms with Gasteiger partial charge >= 0.3 is 0 Å². The molecule has 0 aliphatic rings. The van der Waals surface area contributed by atoms with Gasteiger partial charge in [0.2, 0.25) is 5.95 Å². The summed E-state index contributed by atoms with van der Waals surface area (Å²) in [4.78, 5) is 26.4. The van der Waals surface area contributed by atoms with Gasteiger partial charge in [0.15, 0.2) is 5.82 Å². The van der Waals surface area contributed by atoms with Crippen molar-refractivity contribution in [2.75, 3.05) is 25.1 Å². The third-order valence-corrected chi connectivity index (χ3v) is 4.32. The lowest BCUT2D eigenvalue weighted by molar-refractivity contribution is 0.0828. The number of anilines is 3. The van der Waals surface area contributed by atoms with Crippen molar-refractivity contribution in [1.82, 2.24) is 25.0 Å². The molecule has 0 radical (unpaired) electrons. The van der Waals surface area contributed by atoms with Crippen molar-refractivity contribution in [3.05, 3.63) is 40.8 Å². The Balaban J connectivity index is 1.81. The normalized spacial score (nSPS) is 11.4. The fourth-order valence-corrected chi connectivity index (χ4v) is 2.66. The Morgan fingerprint density at radius 2 is 1.97 bits per heavy atom. The highest BCUT2D eigenvalue weighted by Gasteiger charge is 2.23. The standard InChI is InChI=1S/C19H22ClN7O2/c1-19(2,3)17-25-15(29-26-17)12-9-22-18(24-14(12)21)23-10-6-7-11(13(20)8-10)16(28)27(4)5/h6-9H,1-5H3,(H3,21,22,23,24). The third kappa shape index (κ3) is 4.45. The molecule has 10 heteroatoms. The monoisotopic (exact) mass is 415 g/mol. The largest absolute Gasteiger partial charge is 0.383 e. The van der Waals surface area contributed by atoms with Gasteiger partial charge in [-0.15, -0.1) is 0 Å². The van der Waals surface area contributed by atoms with E-state index in [0.717, 1.165) is 0 Å². The molecule has 1 aromatic carbocycles. The summed E-state index contributed by atoms with van der Waals surface area (Å²) >= 11 is 6.23. The number of rotatable bonds is 4. The van der Waals surface area contributed by atoms with E-state index in [0.29, 0.717) is 27.7 Å². The highest BCUT2D eigenvalue weighted by molar-refractivity contribution is 6.34. The number of hydrogen-bond donors (Lipinski definition) is 2. The highest BCUT2D eigenvalue weighted by atomic mass is 35.5. The molecule has 0 saturated carbocycles. The van der Waals surface area contributed by atoms with Gasteiger partial charge in [-0.3, -0.25) is 4.79 Å². The first kappa shape index (κ1) is 20.5. The molecule has 9 nitrogen and oxygen atoms in total. The topological polar surface area (TPSA) is 123 Å². The SMILES string of the molecule is CN(C)C(=O)c1ccc(Nc2ncc(-c3nc(C(C)(C)C)no3)c(N)n2)cc1Cl. The predicted molar refractivity (Wildman–Crippen MR) is 111 cm³/mol. The van der Waals surface area contributed by atoms with Crippen LogP contribution in [0.4, 0.5) is 17.5 Å². The summed E-state index contributed by atoms with van der Waals surface area (Å²) in [5.74, 6) is 1.10. The van der Waals surface area contributed by atoms with E-state index in [2.05, 4.69) is 25.4 Å². The Morgan fingerprint density at radius 3 is 2.52 bits per heavy atom. The van der Waals surface area contributed by atoms with Gasteiger partial charge in [-0.1, -0.05) is 37.5 Å². The lowest BCUT2D eigenvalue weighted by atomic mass is 9.96. The minimum atomic E-state index is -0.252. The van der Waals surface area contributed by atoms with Crippen LogP contribution in [-0.2, 0) is 5.41 Å². The number of aromatic nitrogens is 4. The van der Waals surface area contributed by atoms with E-state index in [1.54, 1.807) is 32.3 Å². The van der Waals surface area contributed by atoms with Crippen LogP contribution in [0.3, 0.4) is 0 Å². The second-order valence-electron chi connectivity index (χ2n) is 7.68. The number of benzene rings is 1. The maximum Gasteiger partial charge on any atom is 0.263 e. The predicted octanol–water partition coefficient (Wildman–Crippen LogP) is 3.51. The Kier molecular flexibility index (Phi) is 5.43. The molecule has 1 amide bonds. The van der Waals surface area contributed by atoms with Crippen LogP contribution < -0.4 is 11.1 Å². The molecule has 3 aromatic rings. The van der Waals surface area contributed by atoms with Crippen LogP contribution >= 0.6 is 11.6 Å². The number of nitrogen functional groups attached to an aromatic ring is 1. The summed E-state index contributed by atoms with van der Waals surface area (Å²) in [6.07, 6.45) is 1.51. The molecule has 0 aliphatic carbocycles. The van der Waals surface area contributed by atoms with Crippen molar-refractivity contribution in [3.63, 3.8) is 0 Å². The summed E-state index contributed by atoms with van der Waals surface area (Å²) in [5, 5.41) is 7.31. The van der Waals surface area contributed by atoms with E-state index in [1.165, 1.54) is 11.1 Å². The lowest BCUT2D eigenvalue weighted by Crippen LogP contribution is -2.21. The van der Waals surface area contributed by atoms with Crippen molar-refractivity contribution in [3.8, 4) is 11.5 Å². The fourth-order valence-electron chi connectivity index (χ4n) is 2.39. The molecule has 0 saturated heterocycles. The number of carbonyl (C=O) groups excluding carboxylic acids is 1. The summed E-state index contributed by atoms with van der Waals surface area (Å²) in [6.45, 7) is 5.95. The average Bonchev–Trinajstić information content (AvgIpc) is 3.11. The molecule has 152 valence electrons. The Hall–Kier alpha value is -3.20. The zero-order valence-corrected chi connectivity index (χ0v) is 17.6. The molecular weight excluding hydrogens is 394 g/mol. The molecule has 0 spiro atoms. The van der Waals surface area contributed by atoms with Crippen LogP contribution in [0.2, 0.25) is 5.02 Å². The molecule has 2 heterocycles. The summed E-state index contributed by atoms with van der Waals surface area (Å²) < 4.78 is 5.29. The van der Waals surface area contributed by atoms with Gasteiger partial charge in [-0.25, -0.2) is 4.98 Å². The number of carbonyl (C=O) groups is 1. The number of halogens is 1. The van der Waals surface area contributed by atoms with Crippen molar-refractivity contribution >= 4 is 35.0 Å². The third-order valence-electron chi connectivity index (χ3n) is 4.01. The van der Waals surface area contributed by atoms with Crippen LogP contribution in [-0.4, -0.2) is 45.0 Å². The van der Waals surface area contributed by atoms with Crippen molar-refractivity contribution < 1.29 is 9.32 Å². The van der Waals surface area contributed by atoms with Crippen molar-refractivity contribution in [1.29, 1.82) is 0 Å². The first-order valence-electron chi connectivity index (χ1n) is 8.81. The average molecular weight is 416 g/mol. The molecule has 29 heavy (non-hydrogen) atoms. The van der Waals surface area contributed by atoms with Gasteiger partial charge in [-0.05, 0) is 18.2 Å². The maximum absolute atomic E-state index is 12.1. The molecule has 3 N–H and O–H groups in total. The summed E-state index contributed by atoms with van der Waals surface area (Å²) in [6, 6.07) is 4.97. The molecular formula is C19H22ClN7O2. The van der Waals surface area contributed by atoms with E-state index < -0.39 is 0 Å². The lowest BCUT2D eigenvalue weighted by Gasteiger charge is -2.13. The number of hydrogen-bond acceptors (Lipinski definition) is 8. The number of nitrogens with two attached hydrogens (primary N) is 1. The van der Waals surface area contributed by atoms with Gasteiger partial charge in [0.1, 0.15) is 11.4 Å². The van der Waals surface area contributed by atoms with Crippen molar-refractivity contribution in [2.24, 2.45) is 0 Å². The van der Waals surface area contributed by atoms with E-state index in [4.69, 9.17) is 21.9 Å².